The number of benzene rings is 1. The highest BCUT2D eigenvalue weighted by Gasteiger charge is 2.09. The summed E-state index contributed by atoms with van der Waals surface area (Å²) in [6.07, 6.45) is 1.64. The Hall–Kier alpha value is -3.03. The van der Waals surface area contributed by atoms with Gasteiger partial charge in [0.05, 0.1) is 12.2 Å². The fourth-order valence-electron chi connectivity index (χ4n) is 1.74. The molecule has 0 bridgehead atoms. The van der Waals surface area contributed by atoms with Crippen molar-refractivity contribution >= 4 is 5.91 Å². The summed E-state index contributed by atoms with van der Waals surface area (Å²) in [5.41, 5.74) is 2.10. The van der Waals surface area contributed by atoms with Crippen molar-refractivity contribution in [3.63, 3.8) is 0 Å². The van der Waals surface area contributed by atoms with E-state index in [4.69, 9.17) is 0 Å². The molecule has 2 heterocycles. The smallest absolute Gasteiger partial charge is 0.251 e. The number of hydrogen-bond donors (Lipinski definition) is 3. The van der Waals surface area contributed by atoms with E-state index >= 15 is 0 Å². The molecule has 8 heteroatoms. The maximum Gasteiger partial charge on any atom is 0.251 e. The van der Waals surface area contributed by atoms with E-state index in [-0.39, 0.29) is 5.91 Å². The number of aromatic amines is 2. The van der Waals surface area contributed by atoms with Crippen LogP contribution in [0.2, 0.25) is 0 Å². The zero-order chi connectivity index (χ0) is 13.8. The summed E-state index contributed by atoms with van der Waals surface area (Å²) in [7, 11) is 0. The van der Waals surface area contributed by atoms with Gasteiger partial charge in [0, 0.05) is 17.3 Å². The van der Waals surface area contributed by atoms with Gasteiger partial charge in [0.1, 0.15) is 0 Å². The lowest BCUT2D eigenvalue weighted by atomic mass is 10.1. The highest BCUT2D eigenvalue weighted by atomic mass is 16.1. The molecule has 0 atom stereocenters. The highest BCUT2D eigenvalue weighted by molar-refractivity contribution is 5.95. The number of carbonyl (C=O) groups is 1. The van der Waals surface area contributed by atoms with E-state index < -0.39 is 0 Å². The lowest BCUT2D eigenvalue weighted by molar-refractivity contribution is 0.0950. The van der Waals surface area contributed by atoms with Crippen LogP contribution in [0.15, 0.2) is 36.5 Å². The first-order chi connectivity index (χ1) is 9.83. The van der Waals surface area contributed by atoms with Gasteiger partial charge in [0.15, 0.2) is 0 Å². The van der Waals surface area contributed by atoms with E-state index in [9.17, 15) is 4.79 Å². The Bertz CT molecular complexity index is 690. The average Bonchev–Trinajstić information content (AvgIpc) is 3.18. The van der Waals surface area contributed by atoms with Crippen LogP contribution in [0.4, 0.5) is 0 Å². The van der Waals surface area contributed by atoms with Crippen molar-refractivity contribution in [2.75, 3.05) is 0 Å². The van der Waals surface area contributed by atoms with Crippen LogP contribution in [0.5, 0.6) is 0 Å². The first kappa shape index (κ1) is 12.0. The monoisotopic (exact) mass is 269 g/mol. The third-order valence-electron chi connectivity index (χ3n) is 2.73. The molecule has 0 saturated carbocycles. The summed E-state index contributed by atoms with van der Waals surface area (Å²) < 4.78 is 0. The van der Waals surface area contributed by atoms with E-state index in [1.807, 2.05) is 6.07 Å². The molecule has 0 aliphatic rings. The second-order valence-corrected chi connectivity index (χ2v) is 4.08. The van der Waals surface area contributed by atoms with E-state index in [1.54, 1.807) is 30.5 Å². The van der Waals surface area contributed by atoms with E-state index in [0.717, 1.165) is 11.3 Å². The molecule has 0 aliphatic heterocycles. The minimum Gasteiger partial charge on any atom is -0.346 e. The lowest BCUT2D eigenvalue weighted by Crippen LogP contribution is -2.22. The maximum absolute atomic E-state index is 12.1. The minimum absolute atomic E-state index is 0.176. The van der Waals surface area contributed by atoms with Crippen LogP contribution < -0.4 is 5.32 Å². The van der Waals surface area contributed by atoms with Crippen LogP contribution in [-0.4, -0.2) is 36.7 Å². The van der Waals surface area contributed by atoms with Crippen molar-refractivity contribution in [3.8, 4) is 11.4 Å². The normalized spacial score (nSPS) is 10.4. The van der Waals surface area contributed by atoms with Crippen LogP contribution in [0, 0.1) is 0 Å². The summed E-state index contributed by atoms with van der Waals surface area (Å²) >= 11 is 0. The molecule has 1 aromatic carbocycles. The number of tetrazole rings is 1. The number of carbonyl (C=O) groups excluding carboxylic acids is 1. The Kier molecular flexibility index (Phi) is 3.19. The quantitative estimate of drug-likeness (QED) is 0.639. The van der Waals surface area contributed by atoms with E-state index in [0.29, 0.717) is 17.9 Å². The summed E-state index contributed by atoms with van der Waals surface area (Å²) in [6, 6.07) is 8.84. The number of hydrogen-bond acceptors (Lipinski definition) is 5. The molecule has 2 aromatic heterocycles. The SMILES string of the molecule is O=C(NCc1ccn[nH]1)c1cccc(-c2nn[nH]n2)c1. The fraction of sp³-hybridized carbons (Fsp3) is 0.0833. The molecule has 3 aromatic rings. The van der Waals surface area contributed by atoms with Crippen molar-refractivity contribution in [1.29, 1.82) is 0 Å². The van der Waals surface area contributed by atoms with Gasteiger partial charge in [-0.1, -0.05) is 12.1 Å². The minimum atomic E-state index is -0.176. The Balaban J connectivity index is 1.73. The second kappa shape index (κ2) is 5.31. The molecular weight excluding hydrogens is 258 g/mol. The molecule has 0 radical (unpaired) electrons. The molecule has 0 aliphatic carbocycles. The van der Waals surface area contributed by atoms with Crippen LogP contribution in [-0.2, 0) is 6.54 Å². The predicted octanol–water partition coefficient (Wildman–Crippen LogP) is 0.520. The van der Waals surface area contributed by atoms with Gasteiger partial charge in [0.2, 0.25) is 5.82 Å². The molecule has 8 nitrogen and oxygen atoms in total. The van der Waals surface area contributed by atoms with E-state index in [1.165, 1.54) is 0 Å². The van der Waals surface area contributed by atoms with Crippen molar-refractivity contribution in [2.24, 2.45) is 0 Å². The highest BCUT2D eigenvalue weighted by Crippen LogP contribution is 2.14. The fourth-order valence-corrected chi connectivity index (χ4v) is 1.74. The Morgan fingerprint density at radius 1 is 1.30 bits per heavy atom. The number of nitrogens with one attached hydrogen (secondary N) is 3. The molecule has 3 N–H and O–H groups in total. The molecule has 0 saturated heterocycles. The summed E-state index contributed by atoms with van der Waals surface area (Å²) in [6.45, 7) is 0.394. The van der Waals surface area contributed by atoms with Crippen molar-refractivity contribution in [2.45, 2.75) is 6.54 Å². The molecule has 100 valence electrons. The lowest BCUT2D eigenvalue weighted by Gasteiger charge is -2.04. The number of amides is 1. The maximum atomic E-state index is 12.1. The van der Waals surface area contributed by atoms with Crippen molar-refractivity contribution < 1.29 is 4.79 Å². The van der Waals surface area contributed by atoms with Crippen LogP contribution in [0.3, 0.4) is 0 Å². The molecule has 3 rings (SSSR count). The van der Waals surface area contributed by atoms with Gasteiger partial charge in [-0.05, 0) is 23.4 Å². The largest absolute Gasteiger partial charge is 0.346 e. The van der Waals surface area contributed by atoms with Gasteiger partial charge >= 0.3 is 0 Å². The van der Waals surface area contributed by atoms with Gasteiger partial charge in [-0.15, -0.1) is 10.2 Å². The Morgan fingerprint density at radius 2 is 2.25 bits per heavy atom. The first-order valence-electron chi connectivity index (χ1n) is 5.93. The van der Waals surface area contributed by atoms with Gasteiger partial charge in [-0.25, -0.2) is 0 Å². The van der Waals surface area contributed by atoms with Crippen molar-refractivity contribution in [1.82, 2.24) is 36.1 Å². The topological polar surface area (TPSA) is 112 Å². The van der Waals surface area contributed by atoms with Crippen LogP contribution in [0.25, 0.3) is 11.4 Å². The number of nitrogens with zero attached hydrogens (tertiary/aromatic N) is 4. The van der Waals surface area contributed by atoms with Crippen LogP contribution in [0.1, 0.15) is 16.1 Å². The number of aromatic nitrogens is 6. The third kappa shape index (κ3) is 2.53. The number of rotatable bonds is 4. The summed E-state index contributed by atoms with van der Waals surface area (Å²) in [5, 5.41) is 23.0. The predicted molar refractivity (Wildman–Crippen MR) is 69.4 cm³/mol. The molecule has 0 spiro atoms. The zero-order valence-corrected chi connectivity index (χ0v) is 10.4. The van der Waals surface area contributed by atoms with Crippen molar-refractivity contribution in [3.05, 3.63) is 47.8 Å². The average molecular weight is 269 g/mol. The zero-order valence-electron chi connectivity index (χ0n) is 10.4. The first-order valence-corrected chi connectivity index (χ1v) is 5.93. The van der Waals surface area contributed by atoms with Gasteiger partial charge in [0.25, 0.3) is 5.91 Å². The standard InChI is InChI=1S/C12H11N7O/c20-12(13-7-10-4-5-14-15-10)9-3-1-2-8(6-9)11-16-18-19-17-11/h1-6H,7H2,(H,13,20)(H,14,15)(H,16,17,18,19). The van der Waals surface area contributed by atoms with Gasteiger partial charge < -0.3 is 5.32 Å². The van der Waals surface area contributed by atoms with Crippen LogP contribution >= 0.6 is 0 Å². The van der Waals surface area contributed by atoms with Gasteiger partial charge in [-0.3, -0.25) is 9.89 Å². The molecule has 1 amide bonds. The van der Waals surface area contributed by atoms with Gasteiger partial charge in [-0.2, -0.15) is 10.3 Å². The second-order valence-electron chi connectivity index (χ2n) is 4.08. The molecular formula is C12H11N7O. The van der Waals surface area contributed by atoms with E-state index in [2.05, 4.69) is 36.1 Å². The Labute approximate surface area is 113 Å². The third-order valence-corrected chi connectivity index (χ3v) is 2.73. The molecule has 0 fully saturated rings. The summed E-state index contributed by atoms with van der Waals surface area (Å²) in [4.78, 5) is 12.1. The molecule has 20 heavy (non-hydrogen) atoms. The summed E-state index contributed by atoms with van der Waals surface area (Å²) in [5.74, 6) is 0.276. The number of H-pyrrole nitrogens is 2. The molecule has 0 unspecified atom stereocenters. The Morgan fingerprint density at radius 3 is 3.00 bits per heavy atom.